The first-order valence-electron chi connectivity index (χ1n) is 8.75. The van der Waals surface area contributed by atoms with Crippen LogP contribution >= 0.6 is 11.6 Å². The quantitative estimate of drug-likeness (QED) is 0.553. The van der Waals surface area contributed by atoms with E-state index in [9.17, 15) is 5.11 Å². The van der Waals surface area contributed by atoms with E-state index in [1.807, 2.05) is 25.1 Å². The second-order valence-electron chi connectivity index (χ2n) is 6.26. The summed E-state index contributed by atoms with van der Waals surface area (Å²) in [5, 5.41) is 11.2. The van der Waals surface area contributed by atoms with Gasteiger partial charge in [0.05, 0.1) is 6.10 Å². The van der Waals surface area contributed by atoms with Crippen LogP contribution in [0.2, 0.25) is 5.02 Å². The number of aryl methyl sites for hydroxylation is 1. The van der Waals surface area contributed by atoms with Gasteiger partial charge in [-0.05, 0) is 38.9 Å². The van der Waals surface area contributed by atoms with Crippen LogP contribution < -0.4 is 0 Å². The number of unbranched alkanes of at least 4 members (excludes halogenated alkanes) is 4. The first kappa shape index (κ1) is 19.5. The van der Waals surface area contributed by atoms with E-state index in [-0.39, 0.29) is 0 Å². The van der Waals surface area contributed by atoms with E-state index in [1.54, 1.807) is 0 Å². The normalized spacial score (nSPS) is 12.8. The molecule has 0 spiro atoms. The summed E-state index contributed by atoms with van der Waals surface area (Å²) in [7, 11) is 0. The van der Waals surface area contributed by atoms with E-state index < -0.39 is 6.10 Å². The van der Waals surface area contributed by atoms with Crippen molar-refractivity contribution in [1.82, 2.24) is 4.90 Å². The van der Waals surface area contributed by atoms with E-state index >= 15 is 0 Å². The van der Waals surface area contributed by atoms with Gasteiger partial charge in [-0.2, -0.15) is 0 Å². The minimum Gasteiger partial charge on any atom is -0.387 e. The Morgan fingerprint density at radius 2 is 1.64 bits per heavy atom. The van der Waals surface area contributed by atoms with Gasteiger partial charge in [0.15, 0.2) is 0 Å². The first-order chi connectivity index (χ1) is 10.6. The molecule has 1 aromatic rings. The van der Waals surface area contributed by atoms with Gasteiger partial charge in [0, 0.05) is 17.1 Å². The van der Waals surface area contributed by atoms with Crippen LogP contribution in [-0.2, 0) is 0 Å². The van der Waals surface area contributed by atoms with Crippen molar-refractivity contribution in [3.63, 3.8) is 0 Å². The largest absolute Gasteiger partial charge is 0.387 e. The number of benzene rings is 1. The number of nitrogens with zero attached hydrogens (tertiary/aromatic N) is 1. The summed E-state index contributed by atoms with van der Waals surface area (Å²) >= 11 is 6.25. The Morgan fingerprint density at radius 1 is 1.05 bits per heavy atom. The molecule has 0 unspecified atom stereocenters. The number of aliphatic hydroxyl groups is 1. The molecule has 0 saturated heterocycles. The standard InChI is InChI=1S/C19H32ClNO/c1-4-6-8-12-21(13-9-7-5-2)15-19(22)17-14-16(3)10-11-18(17)20/h10-11,14,19,22H,4-9,12-13,15H2,1-3H3/t19-/m0/s1. The molecular weight excluding hydrogens is 294 g/mol. The molecule has 3 heteroatoms. The summed E-state index contributed by atoms with van der Waals surface area (Å²) in [4.78, 5) is 2.40. The van der Waals surface area contributed by atoms with E-state index in [4.69, 9.17) is 11.6 Å². The molecule has 0 aliphatic heterocycles. The molecule has 0 aliphatic rings. The Labute approximate surface area is 141 Å². The second kappa shape index (κ2) is 11.0. The van der Waals surface area contributed by atoms with Gasteiger partial charge in [-0.15, -0.1) is 0 Å². The Hall–Kier alpha value is -0.570. The van der Waals surface area contributed by atoms with E-state index in [2.05, 4.69) is 18.7 Å². The number of halogens is 1. The molecule has 0 amide bonds. The van der Waals surface area contributed by atoms with Gasteiger partial charge in [0.1, 0.15) is 0 Å². The Kier molecular flexibility index (Phi) is 9.77. The summed E-state index contributed by atoms with van der Waals surface area (Å²) in [6.07, 6.45) is 6.88. The Bertz CT molecular complexity index is 412. The molecule has 1 N–H and O–H groups in total. The van der Waals surface area contributed by atoms with Gasteiger partial charge < -0.3 is 10.0 Å². The zero-order valence-corrected chi connectivity index (χ0v) is 15.2. The first-order valence-corrected chi connectivity index (χ1v) is 9.12. The van der Waals surface area contributed by atoms with Crippen molar-refractivity contribution < 1.29 is 5.11 Å². The summed E-state index contributed by atoms with van der Waals surface area (Å²) in [6.45, 7) is 9.30. The van der Waals surface area contributed by atoms with Crippen LogP contribution in [0.3, 0.4) is 0 Å². The van der Waals surface area contributed by atoms with Crippen molar-refractivity contribution in [2.45, 2.75) is 65.4 Å². The van der Waals surface area contributed by atoms with Gasteiger partial charge in [-0.25, -0.2) is 0 Å². The van der Waals surface area contributed by atoms with Crippen LogP contribution in [0, 0.1) is 6.92 Å². The van der Waals surface area contributed by atoms with Gasteiger partial charge in [-0.3, -0.25) is 0 Å². The van der Waals surface area contributed by atoms with Crippen LogP contribution in [0.4, 0.5) is 0 Å². The summed E-state index contributed by atoms with van der Waals surface area (Å²) in [5.74, 6) is 0. The highest BCUT2D eigenvalue weighted by molar-refractivity contribution is 6.31. The molecular formula is C19H32ClNO. The SMILES string of the molecule is CCCCCN(CCCCC)C[C@H](O)c1cc(C)ccc1Cl. The van der Waals surface area contributed by atoms with Crippen molar-refractivity contribution in [1.29, 1.82) is 0 Å². The molecule has 0 aromatic heterocycles. The summed E-state index contributed by atoms with van der Waals surface area (Å²) in [5.41, 5.74) is 2.00. The fourth-order valence-corrected chi connectivity index (χ4v) is 2.97. The molecule has 0 fully saturated rings. The Morgan fingerprint density at radius 3 is 2.18 bits per heavy atom. The van der Waals surface area contributed by atoms with Gasteiger partial charge in [0.25, 0.3) is 0 Å². The third kappa shape index (κ3) is 7.13. The topological polar surface area (TPSA) is 23.5 Å². The van der Waals surface area contributed by atoms with Crippen LogP contribution in [0.25, 0.3) is 0 Å². The minimum absolute atomic E-state index is 0.504. The third-order valence-corrected chi connectivity index (χ3v) is 4.44. The number of hydrogen-bond donors (Lipinski definition) is 1. The van der Waals surface area contributed by atoms with Crippen molar-refractivity contribution in [3.05, 3.63) is 34.3 Å². The second-order valence-corrected chi connectivity index (χ2v) is 6.66. The molecule has 1 aromatic carbocycles. The molecule has 22 heavy (non-hydrogen) atoms. The van der Waals surface area contributed by atoms with Crippen LogP contribution in [0.15, 0.2) is 18.2 Å². The number of rotatable bonds is 11. The molecule has 0 radical (unpaired) electrons. The summed E-state index contributed by atoms with van der Waals surface area (Å²) in [6, 6.07) is 5.87. The lowest BCUT2D eigenvalue weighted by Gasteiger charge is -2.26. The fraction of sp³-hybridized carbons (Fsp3) is 0.684. The van der Waals surface area contributed by atoms with Crippen molar-refractivity contribution in [3.8, 4) is 0 Å². The van der Waals surface area contributed by atoms with Crippen molar-refractivity contribution in [2.24, 2.45) is 0 Å². The Balaban J connectivity index is 2.62. The molecule has 2 nitrogen and oxygen atoms in total. The third-order valence-electron chi connectivity index (χ3n) is 4.10. The maximum absolute atomic E-state index is 10.6. The lowest BCUT2D eigenvalue weighted by atomic mass is 10.1. The maximum Gasteiger partial charge on any atom is 0.0931 e. The van der Waals surface area contributed by atoms with E-state index in [0.29, 0.717) is 11.6 Å². The van der Waals surface area contributed by atoms with Crippen molar-refractivity contribution in [2.75, 3.05) is 19.6 Å². The average Bonchev–Trinajstić information content (AvgIpc) is 2.49. The van der Waals surface area contributed by atoms with E-state index in [0.717, 1.165) is 24.2 Å². The van der Waals surface area contributed by atoms with Gasteiger partial charge >= 0.3 is 0 Å². The highest BCUT2D eigenvalue weighted by Crippen LogP contribution is 2.25. The lowest BCUT2D eigenvalue weighted by molar-refractivity contribution is 0.110. The lowest BCUT2D eigenvalue weighted by Crippen LogP contribution is -2.31. The van der Waals surface area contributed by atoms with Crippen LogP contribution in [0.1, 0.15) is 69.6 Å². The van der Waals surface area contributed by atoms with Crippen LogP contribution in [0.5, 0.6) is 0 Å². The maximum atomic E-state index is 10.6. The number of hydrogen-bond acceptors (Lipinski definition) is 2. The zero-order valence-electron chi connectivity index (χ0n) is 14.4. The zero-order chi connectivity index (χ0) is 16.4. The highest BCUT2D eigenvalue weighted by atomic mass is 35.5. The molecule has 0 heterocycles. The number of aliphatic hydroxyl groups excluding tert-OH is 1. The fourth-order valence-electron chi connectivity index (χ4n) is 2.73. The molecule has 0 bridgehead atoms. The average molecular weight is 326 g/mol. The molecule has 1 atom stereocenters. The predicted molar refractivity (Wildman–Crippen MR) is 96.6 cm³/mol. The van der Waals surface area contributed by atoms with Gasteiger partial charge in [-0.1, -0.05) is 68.8 Å². The predicted octanol–water partition coefficient (Wildman–Crippen LogP) is 5.36. The van der Waals surface area contributed by atoms with Gasteiger partial charge in [0.2, 0.25) is 0 Å². The molecule has 0 saturated carbocycles. The molecule has 1 rings (SSSR count). The highest BCUT2D eigenvalue weighted by Gasteiger charge is 2.16. The summed E-state index contributed by atoms with van der Waals surface area (Å²) < 4.78 is 0. The smallest absolute Gasteiger partial charge is 0.0931 e. The molecule has 0 aliphatic carbocycles. The minimum atomic E-state index is -0.504. The monoisotopic (exact) mass is 325 g/mol. The van der Waals surface area contributed by atoms with Crippen molar-refractivity contribution >= 4 is 11.6 Å². The van der Waals surface area contributed by atoms with Crippen LogP contribution in [-0.4, -0.2) is 29.6 Å². The molecule has 126 valence electrons. The van der Waals surface area contributed by atoms with E-state index in [1.165, 1.54) is 38.5 Å².